The van der Waals surface area contributed by atoms with E-state index in [9.17, 15) is 14.7 Å². The zero-order valence-electron chi connectivity index (χ0n) is 21.0. The average Bonchev–Trinajstić information content (AvgIpc) is 2.80. The van der Waals surface area contributed by atoms with Crippen molar-refractivity contribution in [3.05, 3.63) is 64.7 Å². The summed E-state index contributed by atoms with van der Waals surface area (Å²) in [5.74, 6) is -5.63. The number of halogens is 3. The van der Waals surface area contributed by atoms with Crippen LogP contribution in [0.2, 0.25) is 5.02 Å². The molecule has 0 bridgehead atoms. The Morgan fingerprint density at radius 2 is 1.72 bits per heavy atom. The Morgan fingerprint density at radius 3 is 2.25 bits per heavy atom. The maximum absolute atomic E-state index is 15.1. The van der Waals surface area contributed by atoms with Crippen LogP contribution in [0.5, 0.6) is 5.75 Å². The van der Waals surface area contributed by atoms with Gasteiger partial charge in [-0.15, -0.1) is 0 Å². The number of ether oxygens (including phenoxy) is 3. The van der Waals surface area contributed by atoms with Crippen LogP contribution in [0, 0.1) is 0 Å². The van der Waals surface area contributed by atoms with Crippen LogP contribution in [-0.4, -0.2) is 59.5 Å². The van der Waals surface area contributed by atoms with E-state index in [0.717, 1.165) is 4.90 Å². The molecule has 0 saturated heterocycles. The molecule has 1 unspecified atom stereocenters. The summed E-state index contributed by atoms with van der Waals surface area (Å²) >= 11 is 6.08. The van der Waals surface area contributed by atoms with Gasteiger partial charge in [-0.25, -0.2) is 9.59 Å². The van der Waals surface area contributed by atoms with E-state index in [1.54, 1.807) is 63.2 Å². The van der Waals surface area contributed by atoms with Crippen LogP contribution in [0.1, 0.15) is 38.8 Å². The number of hydrogen-bond donors (Lipinski definition) is 1. The first-order chi connectivity index (χ1) is 16.8. The van der Waals surface area contributed by atoms with E-state index in [-0.39, 0.29) is 19.6 Å². The number of benzene rings is 2. The lowest BCUT2D eigenvalue weighted by Gasteiger charge is -2.38. The average molecular weight is 528 g/mol. The van der Waals surface area contributed by atoms with Gasteiger partial charge in [-0.1, -0.05) is 35.9 Å². The number of carbonyl (C=O) groups is 2. The van der Waals surface area contributed by atoms with Gasteiger partial charge >= 0.3 is 18.0 Å². The monoisotopic (exact) mass is 527 g/mol. The van der Waals surface area contributed by atoms with Gasteiger partial charge < -0.3 is 19.3 Å². The molecule has 1 amide bonds. The first-order valence-electron chi connectivity index (χ1n) is 11.4. The van der Waals surface area contributed by atoms with E-state index in [0.29, 0.717) is 21.9 Å². The van der Waals surface area contributed by atoms with E-state index in [1.807, 2.05) is 0 Å². The number of nitrogens with zero attached hydrogens (tertiary/aromatic N) is 1. The normalized spacial score (nSPS) is 13.5. The fourth-order valence-electron chi connectivity index (χ4n) is 3.45. The van der Waals surface area contributed by atoms with Crippen molar-refractivity contribution in [3.63, 3.8) is 0 Å². The molecule has 10 heteroatoms. The summed E-state index contributed by atoms with van der Waals surface area (Å²) in [6.45, 7) is 5.77. The molecule has 0 saturated carbocycles. The molecular formula is C26H32ClF2NO6. The number of carbonyl (C=O) groups excluding carboxylic acids is 2. The van der Waals surface area contributed by atoms with Gasteiger partial charge in [0.1, 0.15) is 17.5 Å². The van der Waals surface area contributed by atoms with Crippen LogP contribution in [-0.2, 0) is 27.2 Å². The van der Waals surface area contributed by atoms with Crippen molar-refractivity contribution >= 4 is 23.7 Å². The Kier molecular flexibility index (Phi) is 10.1. The topological polar surface area (TPSA) is 85.3 Å². The van der Waals surface area contributed by atoms with E-state index in [4.69, 9.17) is 21.1 Å². The third kappa shape index (κ3) is 8.06. The van der Waals surface area contributed by atoms with Gasteiger partial charge in [0.15, 0.2) is 0 Å². The molecule has 2 atom stereocenters. The van der Waals surface area contributed by atoms with Gasteiger partial charge in [0, 0.05) is 11.6 Å². The van der Waals surface area contributed by atoms with Crippen LogP contribution < -0.4 is 4.74 Å². The molecule has 0 heterocycles. The zero-order valence-corrected chi connectivity index (χ0v) is 21.7. The maximum atomic E-state index is 15.1. The minimum Gasteiger partial charge on any atom is -0.497 e. The van der Waals surface area contributed by atoms with Crippen molar-refractivity contribution in [2.75, 3.05) is 13.7 Å². The summed E-state index contributed by atoms with van der Waals surface area (Å²) in [5, 5.41) is 11.2. The minimum atomic E-state index is -4.31. The summed E-state index contributed by atoms with van der Waals surface area (Å²) < 4.78 is 45.3. The van der Waals surface area contributed by atoms with E-state index < -0.39 is 35.7 Å². The molecule has 0 spiro atoms. The highest BCUT2D eigenvalue weighted by Gasteiger charge is 2.53. The third-order valence-electron chi connectivity index (χ3n) is 5.16. The van der Waals surface area contributed by atoms with Crippen LogP contribution in [0.25, 0.3) is 0 Å². The maximum Gasteiger partial charge on any atom is 0.410 e. The standard InChI is InChI=1S/C26H32ClF2NO6/c1-6-35-23(32)26(28,29)22(31)21(15-18-8-7-9-19(27)14-18)30(24(33)36-25(2,3)4)16-17-10-12-20(34-5)13-11-17/h7-14,21-22,31H,6,15-16H2,1-5H3/t21-,22?/m0/s1. The van der Waals surface area contributed by atoms with E-state index in [2.05, 4.69) is 4.74 Å². The van der Waals surface area contributed by atoms with Crippen molar-refractivity contribution in [1.29, 1.82) is 0 Å². The first-order valence-corrected chi connectivity index (χ1v) is 11.8. The second-order valence-corrected chi connectivity index (χ2v) is 9.58. The molecule has 0 fully saturated rings. The number of methoxy groups -OCH3 is 1. The number of esters is 1. The Labute approximate surface area is 214 Å². The number of aliphatic hydroxyl groups excluding tert-OH is 1. The lowest BCUT2D eigenvalue weighted by atomic mass is 9.95. The van der Waals surface area contributed by atoms with Gasteiger partial charge in [-0.2, -0.15) is 8.78 Å². The highest BCUT2D eigenvalue weighted by molar-refractivity contribution is 6.30. The number of alkyl halides is 2. The Morgan fingerprint density at radius 1 is 1.08 bits per heavy atom. The fraction of sp³-hybridized carbons (Fsp3) is 0.462. The lowest BCUT2D eigenvalue weighted by molar-refractivity contribution is -0.195. The van der Waals surface area contributed by atoms with Gasteiger partial charge in [0.25, 0.3) is 0 Å². The minimum absolute atomic E-state index is 0.194. The van der Waals surface area contributed by atoms with Crippen molar-refractivity contribution in [2.45, 2.75) is 64.3 Å². The van der Waals surface area contributed by atoms with Gasteiger partial charge in [0.05, 0.1) is 19.8 Å². The van der Waals surface area contributed by atoms with Crippen molar-refractivity contribution < 1.29 is 37.7 Å². The number of rotatable bonds is 10. The lowest BCUT2D eigenvalue weighted by Crippen LogP contribution is -2.57. The molecule has 36 heavy (non-hydrogen) atoms. The highest BCUT2D eigenvalue weighted by atomic mass is 35.5. The second-order valence-electron chi connectivity index (χ2n) is 9.15. The molecule has 198 valence electrons. The number of aliphatic hydroxyl groups is 1. The molecule has 1 N–H and O–H groups in total. The SMILES string of the molecule is CCOC(=O)C(F)(F)C(O)[C@H](Cc1cccc(Cl)c1)N(Cc1ccc(OC)cc1)C(=O)OC(C)(C)C. The second kappa shape index (κ2) is 12.4. The largest absolute Gasteiger partial charge is 0.497 e. The Bertz CT molecular complexity index is 1030. The quantitative estimate of drug-likeness (QED) is 0.424. The number of hydrogen-bond acceptors (Lipinski definition) is 6. The first kappa shape index (κ1) is 29.3. The summed E-state index contributed by atoms with van der Waals surface area (Å²) in [4.78, 5) is 26.3. The molecule has 0 radical (unpaired) electrons. The highest BCUT2D eigenvalue weighted by Crippen LogP contribution is 2.30. The number of amides is 1. The van der Waals surface area contributed by atoms with Gasteiger partial charge in [-0.3, -0.25) is 4.90 Å². The molecule has 0 aliphatic rings. The van der Waals surface area contributed by atoms with Crippen molar-refractivity contribution in [2.24, 2.45) is 0 Å². The molecule has 0 aromatic heterocycles. The summed E-state index contributed by atoms with van der Waals surface area (Å²) in [6.07, 6.45) is -3.79. The van der Waals surface area contributed by atoms with E-state index in [1.165, 1.54) is 20.1 Å². The molecule has 2 aromatic rings. The van der Waals surface area contributed by atoms with Crippen LogP contribution in [0.4, 0.5) is 13.6 Å². The van der Waals surface area contributed by atoms with E-state index >= 15 is 8.78 Å². The van der Waals surface area contributed by atoms with Crippen molar-refractivity contribution in [3.8, 4) is 5.75 Å². The molecule has 0 aliphatic carbocycles. The smallest absolute Gasteiger partial charge is 0.410 e. The molecule has 2 aromatic carbocycles. The summed E-state index contributed by atoms with van der Waals surface area (Å²) in [5.41, 5.74) is 0.0729. The third-order valence-corrected chi connectivity index (χ3v) is 5.39. The fourth-order valence-corrected chi connectivity index (χ4v) is 3.67. The molecular weight excluding hydrogens is 496 g/mol. The van der Waals surface area contributed by atoms with Gasteiger partial charge in [0.2, 0.25) is 0 Å². The molecule has 2 rings (SSSR count). The Balaban J connectivity index is 2.57. The predicted octanol–water partition coefficient (Wildman–Crippen LogP) is 5.26. The summed E-state index contributed by atoms with van der Waals surface area (Å²) in [7, 11) is 1.50. The molecule has 7 nitrogen and oxygen atoms in total. The predicted molar refractivity (Wildman–Crippen MR) is 131 cm³/mol. The van der Waals surface area contributed by atoms with Crippen LogP contribution in [0.3, 0.4) is 0 Å². The van der Waals surface area contributed by atoms with Crippen LogP contribution in [0.15, 0.2) is 48.5 Å². The zero-order chi connectivity index (χ0) is 27.1. The van der Waals surface area contributed by atoms with Gasteiger partial charge in [-0.05, 0) is 69.5 Å². The Hall–Kier alpha value is -2.91. The summed E-state index contributed by atoms with van der Waals surface area (Å²) in [6, 6.07) is 11.4. The van der Waals surface area contributed by atoms with Crippen molar-refractivity contribution in [1.82, 2.24) is 4.90 Å². The molecule has 0 aliphatic heterocycles. The van der Waals surface area contributed by atoms with Crippen LogP contribution >= 0.6 is 11.6 Å².